The van der Waals surface area contributed by atoms with E-state index in [1.165, 1.54) is 17.7 Å². The van der Waals surface area contributed by atoms with Gasteiger partial charge in [0.05, 0.1) is 12.6 Å². The van der Waals surface area contributed by atoms with E-state index in [4.69, 9.17) is 10.5 Å². The number of hydrogen-bond donors (Lipinski definition) is 1. The molecule has 27 heavy (non-hydrogen) atoms. The van der Waals surface area contributed by atoms with E-state index in [-0.39, 0.29) is 23.3 Å². The van der Waals surface area contributed by atoms with Gasteiger partial charge in [-0.15, -0.1) is 0 Å². The molecule has 1 saturated heterocycles. The van der Waals surface area contributed by atoms with Gasteiger partial charge in [-0.05, 0) is 48.1 Å². The number of hydrogen-bond acceptors (Lipinski definition) is 3. The fourth-order valence-corrected chi connectivity index (χ4v) is 5.02. The van der Waals surface area contributed by atoms with Crippen molar-refractivity contribution in [3.05, 3.63) is 71.0 Å². The lowest BCUT2D eigenvalue weighted by Gasteiger charge is -2.41. The highest BCUT2D eigenvalue weighted by Crippen LogP contribution is 2.48. The van der Waals surface area contributed by atoms with Gasteiger partial charge in [-0.3, -0.25) is 4.79 Å². The van der Waals surface area contributed by atoms with E-state index in [0.29, 0.717) is 26.0 Å². The minimum atomic E-state index is -0.792. The Hall–Kier alpha value is -2.24. The molecule has 1 unspecified atom stereocenters. The fourth-order valence-electron chi connectivity index (χ4n) is 5.02. The predicted octanol–water partition coefficient (Wildman–Crippen LogP) is 2.95. The molecule has 0 aromatic heterocycles. The first kappa shape index (κ1) is 16.9. The van der Waals surface area contributed by atoms with Gasteiger partial charge in [-0.1, -0.05) is 36.4 Å². The molecule has 3 aliphatic rings. The van der Waals surface area contributed by atoms with Gasteiger partial charge in [-0.25, -0.2) is 4.39 Å². The van der Waals surface area contributed by atoms with Gasteiger partial charge in [0.2, 0.25) is 0 Å². The summed E-state index contributed by atoms with van der Waals surface area (Å²) in [5.41, 5.74) is 8.46. The van der Waals surface area contributed by atoms with Crippen molar-refractivity contribution in [3.63, 3.8) is 0 Å². The topological polar surface area (TPSA) is 55.6 Å². The summed E-state index contributed by atoms with van der Waals surface area (Å²) in [5, 5.41) is 0. The first-order valence-corrected chi connectivity index (χ1v) is 9.57. The second-order valence-electron chi connectivity index (χ2n) is 8.22. The molecule has 140 valence electrons. The summed E-state index contributed by atoms with van der Waals surface area (Å²) in [6.45, 7) is 1.07. The van der Waals surface area contributed by atoms with Crippen LogP contribution in [-0.4, -0.2) is 35.1 Å². The first-order chi connectivity index (χ1) is 13.0. The van der Waals surface area contributed by atoms with E-state index in [1.807, 2.05) is 17.0 Å². The van der Waals surface area contributed by atoms with Gasteiger partial charge >= 0.3 is 0 Å². The molecule has 2 fully saturated rings. The molecule has 1 aliphatic carbocycles. The number of nitrogens with zero attached hydrogens (tertiary/aromatic N) is 1. The molecule has 1 amide bonds. The Bertz CT molecular complexity index is 887. The highest BCUT2D eigenvalue weighted by molar-refractivity contribution is 5.87. The van der Waals surface area contributed by atoms with Crippen LogP contribution in [0.25, 0.3) is 0 Å². The second-order valence-corrected chi connectivity index (χ2v) is 8.22. The number of benzene rings is 2. The maximum Gasteiger partial charge on any atom is 0.255 e. The standard InChI is InChI=1S/C22H23FN2O2/c23-17-7-5-16(6-8-17)19-18-4-2-1-3-15(18)9-12-25(19)20(26)22-11-10-21(24,13-22)14-27-22/h1-8,19H,9-14,24H2/t19?,21-,22-/m0/s1. The van der Waals surface area contributed by atoms with Crippen LogP contribution in [0.4, 0.5) is 4.39 Å². The van der Waals surface area contributed by atoms with E-state index in [1.54, 1.807) is 12.1 Å². The Morgan fingerprint density at radius 1 is 1.15 bits per heavy atom. The summed E-state index contributed by atoms with van der Waals surface area (Å²) in [6.07, 6.45) is 2.90. The average molecular weight is 366 g/mol. The van der Waals surface area contributed by atoms with Crippen LogP contribution in [-0.2, 0) is 16.0 Å². The highest BCUT2D eigenvalue weighted by atomic mass is 19.1. The zero-order valence-corrected chi connectivity index (χ0v) is 15.2. The molecule has 4 nitrogen and oxygen atoms in total. The van der Waals surface area contributed by atoms with Gasteiger partial charge < -0.3 is 15.4 Å². The van der Waals surface area contributed by atoms with Crippen molar-refractivity contribution in [2.24, 2.45) is 5.73 Å². The summed E-state index contributed by atoms with van der Waals surface area (Å²) >= 11 is 0. The van der Waals surface area contributed by atoms with Gasteiger partial charge in [-0.2, -0.15) is 0 Å². The Kier molecular flexibility index (Phi) is 3.68. The summed E-state index contributed by atoms with van der Waals surface area (Å²) in [7, 11) is 0. The number of nitrogens with two attached hydrogens (primary N) is 1. The van der Waals surface area contributed by atoms with E-state index in [2.05, 4.69) is 12.1 Å². The Balaban J connectivity index is 1.57. The van der Waals surface area contributed by atoms with Crippen molar-refractivity contribution in [3.8, 4) is 0 Å². The molecule has 0 spiro atoms. The average Bonchev–Trinajstić information content (AvgIpc) is 3.22. The van der Waals surface area contributed by atoms with Crippen LogP contribution in [0.1, 0.15) is 42.0 Å². The maximum atomic E-state index is 13.7. The van der Waals surface area contributed by atoms with Crippen LogP contribution >= 0.6 is 0 Å². The number of carbonyl (C=O) groups excluding carboxylic acids is 1. The zero-order valence-electron chi connectivity index (χ0n) is 15.2. The van der Waals surface area contributed by atoms with Crippen LogP contribution < -0.4 is 5.73 Å². The minimum absolute atomic E-state index is 0.0242. The smallest absolute Gasteiger partial charge is 0.255 e. The molecule has 0 radical (unpaired) electrons. The Morgan fingerprint density at radius 3 is 2.59 bits per heavy atom. The van der Waals surface area contributed by atoms with E-state index < -0.39 is 5.60 Å². The summed E-state index contributed by atoms with van der Waals surface area (Å²) < 4.78 is 19.5. The molecule has 5 rings (SSSR count). The van der Waals surface area contributed by atoms with Gasteiger partial charge in [0.15, 0.2) is 0 Å². The van der Waals surface area contributed by atoms with Gasteiger partial charge in [0.1, 0.15) is 11.4 Å². The maximum absolute atomic E-state index is 13.7. The van der Waals surface area contributed by atoms with Crippen molar-refractivity contribution in [2.45, 2.75) is 42.9 Å². The molecular weight excluding hydrogens is 343 g/mol. The number of rotatable bonds is 2. The number of amides is 1. The third-order valence-corrected chi connectivity index (χ3v) is 6.42. The summed E-state index contributed by atoms with van der Waals surface area (Å²) in [4.78, 5) is 15.6. The molecule has 2 bridgehead atoms. The molecular formula is C22H23FN2O2. The monoisotopic (exact) mass is 366 g/mol. The number of carbonyl (C=O) groups is 1. The lowest BCUT2D eigenvalue weighted by Crippen LogP contribution is -2.51. The largest absolute Gasteiger partial charge is 0.363 e. The fraction of sp³-hybridized carbons (Fsp3) is 0.409. The van der Waals surface area contributed by atoms with E-state index in [9.17, 15) is 9.18 Å². The van der Waals surface area contributed by atoms with Crippen LogP contribution in [0, 0.1) is 5.82 Å². The molecule has 2 N–H and O–H groups in total. The molecule has 2 aromatic carbocycles. The third kappa shape index (κ3) is 2.60. The number of ether oxygens (including phenoxy) is 1. The Labute approximate surface area is 158 Å². The molecule has 2 aliphatic heterocycles. The van der Waals surface area contributed by atoms with E-state index in [0.717, 1.165) is 24.0 Å². The molecule has 3 atom stereocenters. The van der Waals surface area contributed by atoms with Crippen molar-refractivity contribution < 1.29 is 13.9 Å². The molecule has 1 saturated carbocycles. The highest BCUT2D eigenvalue weighted by Gasteiger charge is 2.59. The number of halogens is 1. The van der Waals surface area contributed by atoms with Gasteiger partial charge in [0.25, 0.3) is 5.91 Å². The predicted molar refractivity (Wildman–Crippen MR) is 99.6 cm³/mol. The first-order valence-electron chi connectivity index (χ1n) is 9.57. The normalized spacial score (nSPS) is 31.8. The van der Waals surface area contributed by atoms with Crippen LogP contribution in [0.2, 0.25) is 0 Å². The van der Waals surface area contributed by atoms with E-state index >= 15 is 0 Å². The quantitative estimate of drug-likeness (QED) is 0.889. The van der Waals surface area contributed by atoms with Crippen LogP contribution in [0.3, 0.4) is 0 Å². The van der Waals surface area contributed by atoms with Crippen LogP contribution in [0.5, 0.6) is 0 Å². The Morgan fingerprint density at radius 2 is 1.93 bits per heavy atom. The second kappa shape index (κ2) is 5.88. The van der Waals surface area contributed by atoms with Crippen molar-refractivity contribution in [1.29, 1.82) is 0 Å². The summed E-state index contributed by atoms with van der Waals surface area (Å²) in [6, 6.07) is 14.4. The lowest BCUT2D eigenvalue weighted by atomic mass is 9.86. The zero-order chi connectivity index (χ0) is 18.6. The number of fused-ring (bicyclic) bond motifs is 3. The SMILES string of the molecule is N[C@@]12CC[C@@](C(=O)N3CCc4ccccc4C3c3ccc(F)cc3)(C1)OC2. The van der Waals surface area contributed by atoms with Crippen LogP contribution in [0.15, 0.2) is 48.5 Å². The third-order valence-electron chi connectivity index (χ3n) is 6.42. The van der Waals surface area contributed by atoms with Crippen molar-refractivity contribution in [1.82, 2.24) is 4.90 Å². The summed E-state index contributed by atoms with van der Waals surface area (Å²) in [5.74, 6) is -0.252. The lowest BCUT2D eigenvalue weighted by molar-refractivity contribution is -0.156. The minimum Gasteiger partial charge on any atom is -0.363 e. The molecule has 2 heterocycles. The van der Waals surface area contributed by atoms with Crippen molar-refractivity contribution in [2.75, 3.05) is 13.2 Å². The van der Waals surface area contributed by atoms with Crippen molar-refractivity contribution >= 4 is 5.91 Å². The molecule has 5 heteroatoms. The van der Waals surface area contributed by atoms with Gasteiger partial charge in [0, 0.05) is 18.5 Å². The molecule has 2 aromatic rings.